The molecule has 1 nitrogen and oxygen atoms in total. The van der Waals surface area contributed by atoms with Crippen LogP contribution in [-0.4, -0.2) is 7.11 Å². The molecule has 0 aliphatic rings. The normalized spacial score (nSPS) is 12.4. The van der Waals surface area contributed by atoms with Crippen LogP contribution in [0.1, 0.15) is 64.2 Å². The highest BCUT2D eigenvalue weighted by Crippen LogP contribution is 2.37. The average molecular weight is 246 g/mol. The van der Waals surface area contributed by atoms with E-state index in [-0.39, 0.29) is 5.41 Å². The number of hydrogen-bond acceptors (Lipinski definition) is 1. The third-order valence-corrected chi connectivity index (χ3v) is 3.17. The quantitative estimate of drug-likeness (QED) is 0.716. The predicted octanol–water partition coefficient (Wildman–Crippen LogP) is 5.15. The number of hydrogen-bond donors (Lipinski definition) is 0. The van der Waals surface area contributed by atoms with Gasteiger partial charge in [-0.05, 0) is 29.9 Å². The maximum Gasteiger partial charge on any atom is 0.129 e. The predicted molar refractivity (Wildman–Crippen MR) is 80.5 cm³/mol. The molecule has 0 N–H and O–H groups in total. The topological polar surface area (TPSA) is 9.23 Å². The van der Waals surface area contributed by atoms with Crippen LogP contribution in [-0.2, 0) is 5.41 Å². The molecule has 1 rings (SSSR count). The summed E-state index contributed by atoms with van der Waals surface area (Å²) in [4.78, 5) is 0. The standard InChI is InChI=1S/C17H26O/c1-8-9-13-10-14(12(2)3)11-15(16(13)18-7)17(4,5)6/h8-12H,1-7H3. The Labute approximate surface area is 112 Å². The number of allylic oxidation sites excluding steroid dienone is 1. The lowest BCUT2D eigenvalue weighted by Gasteiger charge is -2.25. The van der Waals surface area contributed by atoms with Crippen molar-refractivity contribution in [1.29, 1.82) is 0 Å². The molecular formula is C17H26O. The lowest BCUT2D eigenvalue weighted by Crippen LogP contribution is -2.14. The third-order valence-electron chi connectivity index (χ3n) is 3.17. The highest BCUT2D eigenvalue weighted by Gasteiger charge is 2.22. The van der Waals surface area contributed by atoms with Gasteiger partial charge in [0.05, 0.1) is 7.11 Å². The second-order valence-electron chi connectivity index (χ2n) is 6.10. The van der Waals surface area contributed by atoms with Crippen molar-refractivity contribution in [2.75, 3.05) is 7.11 Å². The van der Waals surface area contributed by atoms with Gasteiger partial charge in [-0.1, -0.05) is 52.8 Å². The zero-order valence-corrected chi connectivity index (χ0v) is 12.8. The van der Waals surface area contributed by atoms with Crippen molar-refractivity contribution >= 4 is 6.08 Å². The number of methoxy groups -OCH3 is 1. The number of ether oxygens (including phenoxy) is 1. The second kappa shape index (κ2) is 5.60. The average Bonchev–Trinajstić information content (AvgIpc) is 2.27. The maximum atomic E-state index is 5.64. The summed E-state index contributed by atoms with van der Waals surface area (Å²) in [5.74, 6) is 1.53. The highest BCUT2D eigenvalue weighted by atomic mass is 16.5. The van der Waals surface area contributed by atoms with Gasteiger partial charge in [0.1, 0.15) is 5.75 Å². The Morgan fingerprint density at radius 2 is 1.78 bits per heavy atom. The smallest absolute Gasteiger partial charge is 0.129 e. The Morgan fingerprint density at radius 3 is 2.17 bits per heavy atom. The van der Waals surface area contributed by atoms with Crippen LogP contribution in [0.15, 0.2) is 18.2 Å². The number of rotatable bonds is 3. The summed E-state index contributed by atoms with van der Waals surface area (Å²) >= 11 is 0. The Hall–Kier alpha value is -1.24. The van der Waals surface area contributed by atoms with Gasteiger partial charge in [-0.2, -0.15) is 0 Å². The van der Waals surface area contributed by atoms with Crippen molar-refractivity contribution in [2.24, 2.45) is 0 Å². The van der Waals surface area contributed by atoms with E-state index >= 15 is 0 Å². The summed E-state index contributed by atoms with van der Waals surface area (Å²) in [6.07, 6.45) is 4.19. The Bertz CT molecular complexity index is 434. The summed E-state index contributed by atoms with van der Waals surface area (Å²) in [5, 5.41) is 0. The lowest BCUT2D eigenvalue weighted by atomic mass is 9.82. The first kappa shape index (κ1) is 14.8. The first-order valence-corrected chi connectivity index (χ1v) is 6.66. The summed E-state index contributed by atoms with van der Waals surface area (Å²) < 4.78 is 5.64. The van der Waals surface area contributed by atoms with Gasteiger partial charge in [-0.25, -0.2) is 0 Å². The molecule has 0 amide bonds. The minimum absolute atomic E-state index is 0.0899. The van der Waals surface area contributed by atoms with Gasteiger partial charge in [0.25, 0.3) is 0 Å². The van der Waals surface area contributed by atoms with Gasteiger partial charge in [-0.3, -0.25) is 0 Å². The molecule has 0 bridgehead atoms. The van der Waals surface area contributed by atoms with E-state index < -0.39 is 0 Å². The molecule has 0 radical (unpaired) electrons. The fraction of sp³-hybridized carbons (Fsp3) is 0.529. The van der Waals surface area contributed by atoms with Gasteiger partial charge in [0, 0.05) is 11.1 Å². The second-order valence-corrected chi connectivity index (χ2v) is 6.10. The van der Waals surface area contributed by atoms with E-state index in [1.54, 1.807) is 7.11 Å². The van der Waals surface area contributed by atoms with Gasteiger partial charge < -0.3 is 4.74 Å². The summed E-state index contributed by atoms with van der Waals surface area (Å²) in [6, 6.07) is 4.52. The van der Waals surface area contributed by atoms with E-state index in [0.29, 0.717) is 5.92 Å². The van der Waals surface area contributed by atoms with Crippen LogP contribution in [0, 0.1) is 0 Å². The molecule has 1 aromatic carbocycles. The molecule has 1 heteroatoms. The maximum absolute atomic E-state index is 5.64. The minimum atomic E-state index is 0.0899. The molecule has 0 atom stereocenters. The number of benzene rings is 1. The van der Waals surface area contributed by atoms with E-state index in [0.717, 1.165) is 5.75 Å². The van der Waals surface area contributed by atoms with Crippen LogP contribution >= 0.6 is 0 Å². The molecule has 0 saturated carbocycles. The van der Waals surface area contributed by atoms with Crippen molar-refractivity contribution in [2.45, 2.75) is 52.9 Å². The van der Waals surface area contributed by atoms with Crippen LogP contribution in [0.25, 0.3) is 6.08 Å². The van der Waals surface area contributed by atoms with Crippen LogP contribution in [0.2, 0.25) is 0 Å². The van der Waals surface area contributed by atoms with Crippen LogP contribution in [0.4, 0.5) is 0 Å². The largest absolute Gasteiger partial charge is 0.496 e. The van der Waals surface area contributed by atoms with Crippen LogP contribution in [0.5, 0.6) is 5.75 Å². The highest BCUT2D eigenvalue weighted by molar-refractivity contribution is 5.62. The molecular weight excluding hydrogens is 220 g/mol. The van der Waals surface area contributed by atoms with Crippen LogP contribution < -0.4 is 4.74 Å². The monoisotopic (exact) mass is 246 g/mol. The molecule has 1 aromatic rings. The van der Waals surface area contributed by atoms with Crippen molar-refractivity contribution in [3.63, 3.8) is 0 Å². The Balaban J connectivity index is 3.56. The van der Waals surface area contributed by atoms with E-state index in [1.807, 2.05) is 6.92 Å². The zero-order valence-electron chi connectivity index (χ0n) is 12.8. The summed E-state index contributed by atoms with van der Waals surface area (Å²) in [6.45, 7) is 13.2. The molecule has 0 aliphatic carbocycles. The molecule has 18 heavy (non-hydrogen) atoms. The lowest BCUT2D eigenvalue weighted by molar-refractivity contribution is 0.396. The van der Waals surface area contributed by atoms with Crippen molar-refractivity contribution in [1.82, 2.24) is 0 Å². The third kappa shape index (κ3) is 3.16. The van der Waals surface area contributed by atoms with Crippen molar-refractivity contribution in [3.8, 4) is 5.75 Å². The van der Waals surface area contributed by atoms with Gasteiger partial charge in [0.15, 0.2) is 0 Å². The first-order chi connectivity index (χ1) is 8.31. The molecule has 0 heterocycles. The molecule has 0 saturated heterocycles. The first-order valence-electron chi connectivity index (χ1n) is 6.66. The van der Waals surface area contributed by atoms with Crippen molar-refractivity contribution < 1.29 is 4.74 Å². The molecule has 0 aliphatic heterocycles. The fourth-order valence-electron chi connectivity index (χ4n) is 2.10. The Kier molecular flexibility index (Phi) is 4.61. The fourth-order valence-corrected chi connectivity index (χ4v) is 2.10. The van der Waals surface area contributed by atoms with Gasteiger partial charge in [0.2, 0.25) is 0 Å². The van der Waals surface area contributed by atoms with E-state index in [1.165, 1.54) is 16.7 Å². The molecule has 0 unspecified atom stereocenters. The van der Waals surface area contributed by atoms with Crippen molar-refractivity contribution in [3.05, 3.63) is 34.9 Å². The molecule has 100 valence electrons. The van der Waals surface area contributed by atoms with Gasteiger partial charge >= 0.3 is 0 Å². The van der Waals surface area contributed by atoms with E-state index in [2.05, 4.69) is 58.9 Å². The summed E-state index contributed by atoms with van der Waals surface area (Å²) in [7, 11) is 1.76. The molecule has 0 spiro atoms. The SMILES string of the molecule is CC=Cc1cc(C(C)C)cc(C(C)(C)C)c1OC. The van der Waals surface area contributed by atoms with Gasteiger partial charge in [-0.15, -0.1) is 0 Å². The molecule has 0 fully saturated rings. The zero-order chi connectivity index (χ0) is 13.9. The van der Waals surface area contributed by atoms with Crippen LogP contribution in [0.3, 0.4) is 0 Å². The Morgan fingerprint density at radius 1 is 1.17 bits per heavy atom. The van der Waals surface area contributed by atoms with E-state index in [9.17, 15) is 0 Å². The summed E-state index contributed by atoms with van der Waals surface area (Å²) in [5.41, 5.74) is 3.92. The minimum Gasteiger partial charge on any atom is -0.496 e. The molecule has 0 aromatic heterocycles. The van der Waals surface area contributed by atoms with E-state index in [4.69, 9.17) is 4.74 Å².